The molecule has 0 spiro atoms. The summed E-state index contributed by atoms with van der Waals surface area (Å²) in [5, 5.41) is 4.66. The number of hydrogen-bond acceptors (Lipinski definition) is 3. The van der Waals surface area contributed by atoms with E-state index < -0.39 is 6.04 Å². The number of likely N-dealkylation sites (N-methyl/N-ethyl adjacent to an activating group) is 1. The fourth-order valence-electron chi connectivity index (χ4n) is 2.53. The van der Waals surface area contributed by atoms with Gasteiger partial charge in [0, 0.05) is 13.1 Å². The van der Waals surface area contributed by atoms with Crippen molar-refractivity contribution >= 4 is 23.2 Å². The van der Waals surface area contributed by atoms with Crippen molar-refractivity contribution in [2.75, 3.05) is 6.54 Å². The molecule has 1 N–H and O–H groups in total. The van der Waals surface area contributed by atoms with Crippen LogP contribution in [0, 0.1) is 11.7 Å². The van der Waals surface area contributed by atoms with Gasteiger partial charge in [-0.25, -0.2) is 4.39 Å². The van der Waals surface area contributed by atoms with Gasteiger partial charge in [-0.3, -0.25) is 9.59 Å². The van der Waals surface area contributed by atoms with E-state index >= 15 is 0 Å². The number of carbonyl (C=O) groups is 2. The van der Waals surface area contributed by atoms with Gasteiger partial charge >= 0.3 is 0 Å². The number of benzene rings is 1. The first-order valence-electron chi connectivity index (χ1n) is 8.30. The lowest BCUT2D eigenvalue weighted by Gasteiger charge is -2.29. The molecule has 6 heteroatoms. The first-order chi connectivity index (χ1) is 11.9. The van der Waals surface area contributed by atoms with E-state index in [1.165, 1.54) is 23.5 Å². The van der Waals surface area contributed by atoms with Crippen LogP contribution in [0.15, 0.2) is 41.8 Å². The average molecular weight is 362 g/mol. The molecule has 1 unspecified atom stereocenters. The summed E-state index contributed by atoms with van der Waals surface area (Å²) >= 11 is 1.34. The Morgan fingerprint density at radius 3 is 2.56 bits per heavy atom. The zero-order valence-corrected chi connectivity index (χ0v) is 15.5. The van der Waals surface area contributed by atoms with Gasteiger partial charge in [-0.1, -0.05) is 32.0 Å². The van der Waals surface area contributed by atoms with Gasteiger partial charge in [0.15, 0.2) is 0 Å². The predicted octanol–water partition coefficient (Wildman–Crippen LogP) is 3.69. The Morgan fingerprint density at radius 1 is 1.24 bits per heavy atom. The monoisotopic (exact) mass is 362 g/mol. The minimum Gasteiger partial charge on any atom is -0.339 e. The van der Waals surface area contributed by atoms with Crippen LogP contribution in [0.2, 0.25) is 0 Å². The molecule has 0 fully saturated rings. The number of halogens is 1. The molecule has 0 radical (unpaired) electrons. The van der Waals surface area contributed by atoms with E-state index in [4.69, 9.17) is 0 Å². The molecule has 0 aliphatic carbocycles. The topological polar surface area (TPSA) is 49.4 Å². The molecule has 0 bridgehead atoms. The van der Waals surface area contributed by atoms with Crippen LogP contribution in [0.1, 0.15) is 36.0 Å². The Kier molecular flexibility index (Phi) is 6.70. The van der Waals surface area contributed by atoms with Gasteiger partial charge in [0.2, 0.25) is 5.91 Å². The van der Waals surface area contributed by atoms with Gasteiger partial charge < -0.3 is 10.2 Å². The van der Waals surface area contributed by atoms with Gasteiger partial charge in [0.05, 0.1) is 4.88 Å². The van der Waals surface area contributed by atoms with Gasteiger partial charge in [-0.05, 0) is 42.0 Å². The third kappa shape index (κ3) is 5.13. The van der Waals surface area contributed by atoms with E-state index in [9.17, 15) is 14.0 Å². The summed E-state index contributed by atoms with van der Waals surface area (Å²) in [4.78, 5) is 27.5. The minimum absolute atomic E-state index is 0.0574. The standard InChI is InChI=1S/C19H23FN2O2S/c1-4-22(12-14-7-5-8-15(20)11-14)19(24)17(13(2)3)21-18(23)16-9-6-10-25-16/h5-11,13,17H,4,12H2,1-3H3,(H,21,23). The second-order valence-corrected chi connectivity index (χ2v) is 7.10. The zero-order valence-electron chi connectivity index (χ0n) is 14.7. The van der Waals surface area contributed by atoms with Crippen LogP contribution in [-0.2, 0) is 11.3 Å². The highest BCUT2D eigenvalue weighted by molar-refractivity contribution is 7.12. The maximum absolute atomic E-state index is 13.4. The molecular formula is C19H23FN2O2S. The molecule has 0 saturated heterocycles. The van der Waals surface area contributed by atoms with Crippen LogP contribution in [-0.4, -0.2) is 29.3 Å². The van der Waals surface area contributed by atoms with Crippen molar-refractivity contribution in [1.29, 1.82) is 0 Å². The van der Waals surface area contributed by atoms with Crippen molar-refractivity contribution in [3.05, 3.63) is 58.0 Å². The molecule has 134 valence electrons. The van der Waals surface area contributed by atoms with E-state index in [2.05, 4.69) is 5.32 Å². The van der Waals surface area contributed by atoms with Crippen LogP contribution in [0.4, 0.5) is 4.39 Å². The van der Waals surface area contributed by atoms with Crippen molar-refractivity contribution in [1.82, 2.24) is 10.2 Å². The summed E-state index contributed by atoms with van der Waals surface area (Å²) in [7, 11) is 0. The zero-order chi connectivity index (χ0) is 18.4. The third-order valence-corrected chi connectivity index (χ3v) is 4.79. The van der Waals surface area contributed by atoms with Crippen LogP contribution in [0.5, 0.6) is 0 Å². The van der Waals surface area contributed by atoms with Crippen LogP contribution < -0.4 is 5.32 Å². The van der Waals surface area contributed by atoms with E-state index in [0.717, 1.165) is 5.56 Å². The van der Waals surface area contributed by atoms with Crippen LogP contribution >= 0.6 is 11.3 Å². The molecule has 0 aliphatic rings. The molecule has 0 saturated carbocycles. The Balaban J connectivity index is 2.12. The molecule has 2 amide bonds. The SMILES string of the molecule is CCN(Cc1cccc(F)c1)C(=O)C(NC(=O)c1cccs1)C(C)C. The Labute approximate surface area is 151 Å². The third-order valence-electron chi connectivity index (χ3n) is 3.92. The maximum atomic E-state index is 13.4. The first kappa shape index (κ1) is 19.1. The van der Waals surface area contributed by atoms with Gasteiger partial charge in [0.1, 0.15) is 11.9 Å². The number of amides is 2. The van der Waals surface area contributed by atoms with Crippen molar-refractivity contribution in [2.24, 2.45) is 5.92 Å². The number of nitrogens with one attached hydrogen (secondary N) is 1. The van der Waals surface area contributed by atoms with E-state index in [1.54, 1.807) is 29.2 Å². The predicted molar refractivity (Wildman–Crippen MR) is 97.9 cm³/mol. The van der Waals surface area contributed by atoms with Gasteiger partial charge in [-0.15, -0.1) is 11.3 Å². The number of thiophene rings is 1. The van der Waals surface area contributed by atoms with Crippen molar-refractivity contribution < 1.29 is 14.0 Å². The largest absolute Gasteiger partial charge is 0.339 e. The van der Waals surface area contributed by atoms with E-state index in [1.807, 2.05) is 26.2 Å². The number of nitrogens with zero attached hydrogens (tertiary/aromatic N) is 1. The molecular weight excluding hydrogens is 339 g/mol. The summed E-state index contributed by atoms with van der Waals surface area (Å²) in [5.74, 6) is -0.791. The minimum atomic E-state index is -0.622. The molecule has 1 atom stereocenters. The Hall–Kier alpha value is -2.21. The first-order valence-corrected chi connectivity index (χ1v) is 9.18. The second kappa shape index (κ2) is 8.76. The molecule has 4 nitrogen and oxygen atoms in total. The maximum Gasteiger partial charge on any atom is 0.262 e. The summed E-state index contributed by atoms with van der Waals surface area (Å²) in [5.41, 5.74) is 0.724. The van der Waals surface area contributed by atoms with E-state index in [0.29, 0.717) is 18.0 Å². The summed E-state index contributed by atoms with van der Waals surface area (Å²) < 4.78 is 13.4. The molecule has 1 heterocycles. The molecule has 0 aliphatic heterocycles. The Morgan fingerprint density at radius 2 is 2.00 bits per heavy atom. The second-order valence-electron chi connectivity index (χ2n) is 6.15. The molecule has 2 aromatic rings. The highest BCUT2D eigenvalue weighted by Crippen LogP contribution is 2.14. The normalized spacial score (nSPS) is 12.0. The molecule has 25 heavy (non-hydrogen) atoms. The highest BCUT2D eigenvalue weighted by Gasteiger charge is 2.28. The lowest BCUT2D eigenvalue weighted by molar-refractivity contribution is -0.134. The summed E-state index contributed by atoms with van der Waals surface area (Å²) in [6, 6.07) is 9.11. The molecule has 2 rings (SSSR count). The average Bonchev–Trinajstić information content (AvgIpc) is 3.11. The quantitative estimate of drug-likeness (QED) is 0.817. The highest BCUT2D eigenvalue weighted by atomic mass is 32.1. The lowest BCUT2D eigenvalue weighted by Crippen LogP contribution is -2.50. The van der Waals surface area contributed by atoms with Crippen molar-refractivity contribution in [2.45, 2.75) is 33.4 Å². The molecule has 1 aromatic heterocycles. The van der Waals surface area contributed by atoms with Crippen LogP contribution in [0.25, 0.3) is 0 Å². The van der Waals surface area contributed by atoms with E-state index in [-0.39, 0.29) is 23.5 Å². The van der Waals surface area contributed by atoms with Gasteiger partial charge in [-0.2, -0.15) is 0 Å². The number of carbonyl (C=O) groups excluding carboxylic acids is 2. The van der Waals surface area contributed by atoms with Crippen molar-refractivity contribution in [3.63, 3.8) is 0 Å². The van der Waals surface area contributed by atoms with Gasteiger partial charge in [0.25, 0.3) is 5.91 Å². The Bertz CT molecular complexity index is 716. The molecule has 1 aromatic carbocycles. The summed E-state index contributed by atoms with van der Waals surface area (Å²) in [6.45, 7) is 6.45. The number of hydrogen-bond donors (Lipinski definition) is 1. The summed E-state index contributed by atoms with van der Waals surface area (Å²) in [6.07, 6.45) is 0. The number of rotatable bonds is 7. The van der Waals surface area contributed by atoms with Crippen molar-refractivity contribution in [3.8, 4) is 0 Å². The fourth-order valence-corrected chi connectivity index (χ4v) is 3.16. The smallest absolute Gasteiger partial charge is 0.262 e. The fraction of sp³-hybridized carbons (Fsp3) is 0.368. The lowest BCUT2D eigenvalue weighted by atomic mass is 10.0. The van der Waals surface area contributed by atoms with Crippen LogP contribution in [0.3, 0.4) is 0 Å².